The molecule has 0 aliphatic carbocycles. The lowest BCUT2D eigenvalue weighted by Crippen LogP contribution is -2.39. The molecule has 0 radical (unpaired) electrons. The van der Waals surface area contributed by atoms with E-state index in [1.807, 2.05) is 22.2 Å². The molecule has 26 nitrogen and oxygen atoms in total. The molecule has 75 heavy (non-hydrogen) atoms. The highest BCUT2D eigenvalue weighted by Crippen LogP contribution is 2.31. The van der Waals surface area contributed by atoms with Crippen LogP contribution < -0.4 is 0 Å². The minimum absolute atomic E-state index is 0.0141. The van der Waals surface area contributed by atoms with Gasteiger partial charge in [0.25, 0.3) is 23.6 Å². The topological polar surface area (TPSA) is 300 Å². The SMILES string of the molecule is O=C1c2ccc(S(=O)(=O)c3ccc4c(c3)C(=O)N(CCOCCOCCOCCn3cc(CN5CCS(=O)(=O)CC5)nn3)C4=O)cc2C(=O)N1CCOCCOCCOCCn1cc(CN2CCS(=O)(=O)CC2)nn1. The zero-order valence-electron chi connectivity index (χ0n) is 41.2. The van der Waals surface area contributed by atoms with Gasteiger partial charge in [-0.25, -0.2) is 34.6 Å². The molecule has 29 heteroatoms. The minimum atomic E-state index is -4.32. The number of amides is 4. The van der Waals surface area contributed by atoms with Crippen molar-refractivity contribution in [3.63, 3.8) is 0 Å². The summed E-state index contributed by atoms with van der Waals surface area (Å²) in [5.41, 5.74) is 1.40. The average molecular weight is 1110 g/mol. The van der Waals surface area contributed by atoms with E-state index < -0.39 is 53.1 Å². The number of sulfone groups is 3. The fraction of sp³-hybridized carbons (Fsp3) is 0.565. The van der Waals surface area contributed by atoms with E-state index in [9.17, 15) is 44.4 Å². The van der Waals surface area contributed by atoms with Crippen molar-refractivity contribution in [1.29, 1.82) is 0 Å². The van der Waals surface area contributed by atoms with Crippen LogP contribution in [0.25, 0.3) is 0 Å². The van der Waals surface area contributed by atoms with E-state index in [1.165, 1.54) is 24.3 Å². The molecule has 6 heterocycles. The number of fused-ring (bicyclic) bond motifs is 2. The number of hydrogen-bond donors (Lipinski definition) is 0. The van der Waals surface area contributed by atoms with Gasteiger partial charge in [-0.1, -0.05) is 10.4 Å². The van der Waals surface area contributed by atoms with Crippen LogP contribution in [0.5, 0.6) is 0 Å². The number of hydrogen-bond acceptors (Lipinski definition) is 22. The first kappa shape index (κ1) is 55.8. The zero-order chi connectivity index (χ0) is 53.0. The molecule has 4 amide bonds. The number of benzene rings is 2. The second-order valence-electron chi connectivity index (χ2n) is 17.9. The van der Waals surface area contributed by atoms with Crippen molar-refractivity contribution in [1.82, 2.24) is 49.6 Å². The molecule has 8 rings (SSSR count). The van der Waals surface area contributed by atoms with E-state index >= 15 is 0 Å². The summed E-state index contributed by atoms with van der Waals surface area (Å²) in [6, 6.07) is 7.25. The van der Waals surface area contributed by atoms with E-state index in [-0.39, 0.29) is 108 Å². The normalized spacial score (nSPS) is 17.9. The van der Waals surface area contributed by atoms with Crippen molar-refractivity contribution in [2.45, 2.75) is 36.0 Å². The average Bonchev–Trinajstić information content (AvgIpc) is 4.16. The lowest BCUT2D eigenvalue weighted by Gasteiger charge is -2.25. The Kier molecular flexibility index (Phi) is 19.0. The van der Waals surface area contributed by atoms with E-state index in [1.54, 1.807) is 9.36 Å². The number of carbonyl (C=O) groups excluding carboxylic acids is 4. The Hall–Kier alpha value is -5.47. The first-order valence-electron chi connectivity index (χ1n) is 24.4. The largest absolute Gasteiger partial charge is 0.377 e. The molecule has 408 valence electrons. The summed E-state index contributed by atoms with van der Waals surface area (Å²) < 4.78 is 111. The first-order chi connectivity index (χ1) is 36.1. The molecule has 4 aliphatic heterocycles. The Morgan fingerprint density at radius 2 is 0.760 bits per heavy atom. The molecule has 2 fully saturated rings. The third-order valence-corrected chi connectivity index (χ3v) is 17.6. The molecule has 2 saturated heterocycles. The second kappa shape index (κ2) is 25.6. The third-order valence-electron chi connectivity index (χ3n) is 12.7. The monoisotopic (exact) mass is 1100 g/mol. The van der Waals surface area contributed by atoms with Crippen molar-refractivity contribution >= 4 is 53.1 Å². The van der Waals surface area contributed by atoms with Gasteiger partial charge < -0.3 is 28.4 Å². The van der Waals surface area contributed by atoms with Crippen LogP contribution in [0.3, 0.4) is 0 Å². The van der Waals surface area contributed by atoms with Gasteiger partial charge in [-0.2, -0.15) is 0 Å². The molecule has 4 aromatic rings. The number of aromatic nitrogens is 6. The third kappa shape index (κ3) is 14.9. The van der Waals surface area contributed by atoms with Crippen molar-refractivity contribution < 1.29 is 72.9 Å². The molecule has 2 aromatic carbocycles. The van der Waals surface area contributed by atoms with Crippen LogP contribution in [-0.4, -0.2) is 240 Å². The molecular weight excluding hydrogens is 1040 g/mol. The molecule has 0 saturated carbocycles. The van der Waals surface area contributed by atoms with Crippen LogP contribution in [0.2, 0.25) is 0 Å². The van der Waals surface area contributed by atoms with Gasteiger partial charge in [0, 0.05) is 51.7 Å². The van der Waals surface area contributed by atoms with Crippen molar-refractivity contribution in [2.24, 2.45) is 0 Å². The quantitative estimate of drug-likeness (QED) is 0.0440. The Labute approximate surface area is 433 Å². The molecule has 0 spiro atoms. The van der Waals surface area contributed by atoms with E-state index in [0.717, 1.165) is 33.3 Å². The van der Waals surface area contributed by atoms with Gasteiger partial charge in [0.1, 0.15) is 0 Å². The lowest BCUT2D eigenvalue weighted by molar-refractivity contribution is 0.00957. The van der Waals surface area contributed by atoms with Crippen molar-refractivity contribution in [3.05, 3.63) is 82.4 Å². The maximum Gasteiger partial charge on any atom is 0.261 e. The van der Waals surface area contributed by atoms with Gasteiger partial charge in [-0.3, -0.25) is 38.8 Å². The summed E-state index contributed by atoms with van der Waals surface area (Å²) in [7, 11) is -10.2. The second-order valence-corrected chi connectivity index (χ2v) is 24.5. The highest BCUT2D eigenvalue weighted by atomic mass is 32.2. The first-order valence-corrected chi connectivity index (χ1v) is 29.6. The fourth-order valence-electron chi connectivity index (χ4n) is 8.44. The summed E-state index contributed by atoms with van der Waals surface area (Å²) in [5, 5.41) is 16.5. The van der Waals surface area contributed by atoms with Gasteiger partial charge in [-0.05, 0) is 36.4 Å². The highest BCUT2D eigenvalue weighted by Gasteiger charge is 2.39. The van der Waals surface area contributed by atoms with Gasteiger partial charge in [0.15, 0.2) is 19.7 Å². The number of nitrogens with zero attached hydrogens (tertiary/aromatic N) is 10. The predicted molar refractivity (Wildman–Crippen MR) is 262 cm³/mol. The molecule has 0 atom stereocenters. The maximum atomic E-state index is 13.8. The Morgan fingerprint density at radius 3 is 1.12 bits per heavy atom. The van der Waals surface area contributed by atoms with Gasteiger partial charge in [0.05, 0.1) is 172 Å². The van der Waals surface area contributed by atoms with Crippen LogP contribution in [0.15, 0.2) is 58.6 Å². The van der Waals surface area contributed by atoms with Crippen LogP contribution in [0, 0.1) is 0 Å². The molecular formula is C46H60N10O16S3. The van der Waals surface area contributed by atoms with Gasteiger partial charge in [0.2, 0.25) is 9.84 Å². The predicted octanol–water partition coefficient (Wildman–Crippen LogP) is -1.14. The van der Waals surface area contributed by atoms with Crippen LogP contribution >= 0.6 is 0 Å². The summed E-state index contributed by atoms with van der Waals surface area (Å²) >= 11 is 0. The van der Waals surface area contributed by atoms with Crippen LogP contribution in [0.4, 0.5) is 0 Å². The molecule has 4 aliphatic rings. The smallest absolute Gasteiger partial charge is 0.261 e. The minimum Gasteiger partial charge on any atom is -0.377 e. The van der Waals surface area contributed by atoms with Gasteiger partial charge in [-0.15, -0.1) is 10.2 Å². The van der Waals surface area contributed by atoms with Crippen LogP contribution in [-0.2, 0) is 84.1 Å². The van der Waals surface area contributed by atoms with Gasteiger partial charge >= 0.3 is 0 Å². The molecule has 0 unspecified atom stereocenters. The Morgan fingerprint density at radius 1 is 0.440 bits per heavy atom. The van der Waals surface area contributed by atoms with Crippen LogP contribution in [0.1, 0.15) is 52.8 Å². The summed E-state index contributed by atoms with van der Waals surface area (Å²) in [4.78, 5) is 58.5. The maximum absolute atomic E-state index is 13.8. The number of ether oxygens (including phenoxy) is 6. The van der Waals surface area contributed by atoms with E-state index in [4.69, 9.17) is 28.4 Å². The fourth-order valence-corrected chi connectivity index (χ4v) is 12.3. The number of imide groups is 2. The zero-order valence-corrected chi connectivity index (χ0v) is 43.7. The van der Waals surface area contributed by atoms with E-state index in [2.05, 4.69) is 20.6 Å². The molecule has 0 N–H and O–H groups in total. The lowest BCUT2D eigenvalue weighted by atomic mass is 10.1. The van der Waals surface area contributed by atoms with Crippen molar-refractivity contribution in [2.75, 3.05) is 142 Å². The summed E-state index contributed by atoms with van der Waals surface area (Å²) in [6.45, 7) is 6.65. The van der Waals surface area contributed by atoms with E-state index in [0.29, 0.717) is 92.0 Å². The number of rotatable bonds is 30. The Bertz CT molecular complexity index is 2800. The molecule has 2 aromatic heterocycles. The number of carbonyl (C=O) groups is 4. The Balaban J connectivity index is 0.674. The van der Waals surface area contributed by atoms with Crippen molar-refractivity contribution in [3.8, 4) is 0 Å². The molecule has 0 bridgehead atoms. The standard InChI is InChI=1S/C46H60N10O16S3/c57-43-39-3-1-37(29-41(39)45(59)55(43)7-15-69-19-23-71-21-17-67-13-5-53-33-35(47-49-53)31-51-9-25-73(61,62)26-10-51)75(65,66)38-2-4-40-42(30-38)46(60)56(44(40)58)8-16-70-20-24-72-22-18-68-14-6-54-34-36(48-50-54)32-52-11-27-74(63,64)28-12-52/h1-4,29-30,33-34H,5-28,31-32H2. The summed E-state index contributed by atoms with van der Waals surface area (Å²) in [6.07, 6.45) is 3.62. The summed E-state index contributed by atoms with van der Waals surface area (Å²) in [5.74, 6) is -1.96. The highest BCUT2D eigenvalue weighted by molar-refractivity contribution is 7.92.